The lowest BCUT2D eigenvalue weighted by Crippen LogP contribution is -1.97. The molecule has 4 aromatic rings. The summed E-state index contributed by atoms with van der Waals surface area (Å²) in [5, 5.41) is 0.993. The van der Waals surface area contributed by atoms with Gasteiger partial charge < -0.3 is 18.6 Å². The van der Waals surface area contributed by atoms with Crippen molar-refractivity contribution < 1.29 is 18.6 Å². The normalized spacial score (nSPS) is 10.9. The largest absolute Gasteiger partial charge is 0.496 e. The minimum Gasteiger partial charge on any atom is -0.496 e. The maximum Gasteiger partial charge on any atom is 0.135 e. The van der Waals surface area contributed by atoms with Crippen LogP contribution in [0.1, 0.15) is 11.3 Å². The lowest BCUT2D eigenvalue weighted by molar-refractivity contribution is 0.377. The number of methoxy groups -OCH3 is 3. The molecule has 4 nitrogen and oxygen atoms in total. The van der Waals surface area contributed by atoms with Crippen molar-refractivity contribution >= 4 is 26.9 Å². The molecule has 0 aliphatic rings. The second kappa shape index (κ2) is 8.21. The van der Waals surface area contributed by atoms with Gasteiger partial charge in [-0.15, -0.1) is 0 Å². The summed E-state index contributed by atoms with van der Waals surface area (Å²) in [5.74, 6) is 2.85. The highest BCUT2D eigenvalue weighted by Gasteiger charge is 2.24. The first-order valence-corrected chi connectivity index (χ1v) is 9.99. The Morgan fingerprint density at radius 1 is 0.793 bits per heavy atom. The van der Waals surface area contributed by atoms with Crippen molar-refractivity contribution in [2.75, 3.05) is 21.3 Å². The number of ether oxygens (including phenoxy) is 3. The summed E-state index contributed by atoms with van der Waals surface area (Å²) in [7, 11) is 4.92. The van der Waals surface area contributed by atoms with Crippen molar-refractivity contribution in [3.05, 3.63) is 76.5 Å². The minimum absolute atomic E-state index is 0.654. The average Bonchev–Trinajstić information content (AvgIpc) is 3.09. The molecule has 0 aliphatic heterocycles. The Kier molecular flexibility index (Phi) is 5.49. The zero-order valence-electron chi connectivity index (χ0n) is 16.5. The molecule has 0 radical (unpaired) electrons. The van der Waals surface area contributed by atoms with Crippen LogP contribution in [0.25, 0.3) is 22.1 Å². The van der Waals surface area contributed by atoms with E-state index in [-0.39, 0.29) is 0 Å². The summed E-state index contributed by atoms with van der Waals surface area (Å²) in [4.78, 5) is 0. The van der Waals surface area contributed by atoms with Crippen molar-refractivity contribution in [2.45, 2.75) is 6.42 Å². The molecule has 1 aromatic heterocycles. The van der Waals surface area contributed by atoms with Crippen LogP contribution in [0.3, 0.4) is 0 Å². The summed E-state index contributed by atoms with van der Waals surface area (Å²) >= 11 is 3.59. The van der Waals surface area contributed by atoms with Crippen molar-refractivity contribution in [1.29, 1.82) is 0 Å². The Bertz CT molecular complexity index is 1120. The molecule has 0 saturated carbocycles. The van der Waals surface area contributed by atoms with E-state index < -0.39 is 0 Å². The van der Waals surface area contributed by atoms with E-state index in [1.54, 1.807) is 21.3 Å². The predicted molar refractivity (Wildman–Crippen MR) is 118 cm³/mol. The molecule has 0 unspecified atom stereocenters. The van der Waals surface area contributed by atoms with Crippen molar-refractivity contribution in [2.24, 2.45) is 0 Å². The van der Waals surface area contributed by atoms with Gasteiger partial charge in [-0.05, 0) is 23.8 Å². The summed E-state index contributed by atoms with van der Waals surface area (Å²) in [6.07, 6.45) is 0.654. The molecule has 0 amide bonds. The van der Waals surface area contributed by atoms with E-state index in [1.807, 2.05) is 42.5 Å². The third-order valence-corrected chi connectivity index (χ3v) is 5.39. The quantitative estimate of drug-likeness (QED) is 0.335. The zero-order valence-corrected chi connectivity index (χ0v) is 18.1. The Morgan fingerprint density at radius 3 is 2.10 bits per heavy atom. The van der Waals surface area contributed by atoms with E-state index in [0.29, 0.717) is 23.7 Å². The van der Waals surface area contributed by atoms with Crippen LogP contribution in [0.4, 0.5) is 0 Å². The van der Waals surface area contributed by atoms with Gasteiger partial charge in [-0.3, -0.25) is 0 Å². The Balaban J connectivity index is 2.02. The number of hydrogen-bond acceptors (Lipinski definition) is 4. The van der Waals surface area contributed by atoms with Gasteiger partial charge in [0.05, 0.1) is 26.9 Å². The van der Waals surface area contributed by atoms with E-state index in [1.165, 1.54) is 5.56 Å². The van der Waals surface area contributed by atoms with Gasteiger partial charge in [-0.1, -0.05) is 46.3 Å². The molecule has 0 aliphatic carbocycles. The van der Waals surface area contributed by atoms with Gasteiger partial charge in [0.2, 0.25) is 0 Å². The van der Waals surface area contributed by atoms with Gasteiger partial charge in [0.1, 0.15) is 28.6 Å². The van der Waals surface area contributed by atoms with Crippen LogP contribution in [-0.2, 0) is 6.42 Å². The fourth-order valence-electron chi connectivity index (χ4n) is 3.55. The highest BCUT2D eigenvalue weighted by molar-refractivity contribution is 9.10. The van der Waals surface area contributed by atoms with Crippen LogP contribution < -0.4 is 14.2 Å². The van der Waals surface area contributed by atoms with Crippen LogP contribution in [0.5, 0.6) is 17.2 Å². The summed E-state index contributed by atoms with van der Waals surface area (Å²) in [5.41, 5.74) is 3.78. The van der Waals surface area contributed by atoms with E-state index in [2.05, 4.69) is 34.1 Å². The van der Waals surface area contributed by atoms with Gasteiger partial charge in [-0.25, -0.2) is 0 Å². The SMILES string of the molecule is COc1cc(OC)c(-c2c(Cc3ccccc3)oc3ccc(Br)cc23)c(OC)c1. The molecule has 3 aromatic carbocycles. The Morgan fingerprint density at radius 2 is 1.48 bits per heavy atom. The molecule has 5 heteroatoms. The molecule has 0 atom stereocenters. The average molecular weight is 453 g/mol. The second-order valence-electron chi connectivity index (χ2n) is 6.61. The molecule has 0 spiro atoms. The molecule has 29 heavy (non-hydrogen) atoms. The lowest BCUT2D eigenvalue weighted by Gasteiger charge is -2.16. The number of fused-ring (bicyclic) bond motifs is 1. The van der Waals surface area contributed by atoms with E-state index in [9.17, 15) is 0 Å². The number of halogens is 1. The van der Waals surface area contributed by atoms with Crippen LogP contribution in [0.2, 0.25) is 0 Å². The van der Waals surface area contributed by atoms with Gasteiger partial charge in [0.15, 0.2) is 0 Å². The predicted octanol–water partition coefficient (Wildman–Crippen LogP) is 6.48. The van der Waals surface area contributed by atoms with Gasteiger partial charge >= 0.3 is 0 Å². The zero-order chi connectivity index (χ0) is 20.4. The lowest BCUT2D eigenvalue weighted by atomic mass is 9.96. The maximum atomic E-state index is 6.30. The molecule has 0 bridgehead atoms. The molecular formula is C24H21BrO4. The molecule has 0 fully saturated rings. The first-order valence-electron chi connectivity index (χ1n) is 9.19. The molecule has 0 N–H and O–H groups in total. The third-order valence-electron chi connectivity index (χ3n) is 4.90. The summed E-state index contributed by atoms with van der Waals surface area (Å²) in [6, 6.07) is 20.0. The van der Waals surface area contributed by atoms with Crippen LogP contribution in [0, 0.1) is 0 Å². The van der Waals surface area contributed by atoms with Crippen LogP contribution in [0.15, 0.2) is 69.6 Å². The van der Waals surface area contributed by atoms with Gasteiger partial charge in [-0.2, -0.15) is 0 Å². The first-order chi connectivity index (χ1) is 14.1. The van der Waals surface area contributed by atoms with Crippen molar-refractivity contribution in [1.82, 2.24) is 0 Å². The summed E-state index contributed by atoms with van der Waals surface area (Å²) in [6.45, 7) is 0. The fourth-order valence-corrected chi connectivity index (χ4v) is 3.91. The molecule has 4 rings (SSSR count). The fraction of sp³-hybridized carbons (Fsp3) is 0.167. The number of furan rings is 1. The van der Waals surface area contributed by atoms with Crippen molar-refractivity contribution in [3.8, 4) is 28.4 Å². The monoisotopic (exact) mass is 452 g/mol. The standard InChI is InChI=1S/C24H21BrO4/c1-26-17-13-20(27-2)24(21(14-17)28-3)23-18-12-16(25)9-10-19(18)29-22(23)11-15-7-5-4-6-8-15/h4-10,12-14H,11H2,1-3H3. The van der Waals surface area contributed by atoms with E-state index >= 15 is 0 Å². The minimum atomic E-state index is 0.654. The number of rotatable bonds is 6. The number of benzene rings is 3. The molecule has 148 valence electrons. The highest BCUT2D eigenvalue weighted by Crippen LogP contribution is 2.47. The van der Waals surface area contributed by atoms with Crippen molar-refractivity contribution in [3.63, 3.8) is 0 Å². The van der Waals surface area contributed by atoms with Gasteiger partial charge in [0, 0.05) is 34.0 Å². The van der Waals surface area contributed by atoms with Crippen LogP contribution >= 0.6 is 15.9 Å². The van der Waals surface area contributed by atoms with E-state index in [4.69, 9.17) is 18.6 Å². The number of hydrogen-bond donors (Lipinski definition) is 0. The molecule has 1 heterocycles. The smallest absolute Gasteiger partial charge is 0.135 e. The van der Waals surface area contributed by atoms with Crippen LogP contribution in [-0.4, -0.2) is 21.3 Å². The Hall–Kier alpha value is -2.92. The first kappa shape index (κ1) is 19.4. The second-order valence-corrected chi connectivity index (χ2v) is 7.53. The van der Waals surface area contributed by atoms with E-state index in [0.717, 1.165) is 32.3 Å². The Labute approximate surface area is 178 Å². The summed E-state index contributed by atoms with van der Waals surface area (Å²) < 4.78 is 24.1. The molecule has 0 saturated heterocycles. The third kappa shape index (κ3) is 3.70. The maximum absolute atomic E-state index is 6.30. The van der Waals surface area contributed by atoms with Gasteiger partial charge in [0.25, 0.3) is 0 Å². The highest BCUT2D eigenvalue weighted by atomic mass is 79.9. The molecular weight excluding hydrogens is 432 g/mol. The topological polar surface area (TPSA) is 40.8 Å².